The van der Waals surface area contributed by atoms with Gasteiger partial charge in [0.05, 0.1) is 12.8 Å². The lowest BCUT2D eigenvalue weighted by Gasteiger charge is -2.04. The van der Waals surface area contributed by atoms with Crippen LogP contribution in [0.2, 0.25) is 0 Å². The molecule has 0 bridgehead atoms. The molecule has 0 aliphatic rings. The minimum Gasteiger partial charge on any atom is -0.496 e. The maximum Gasteiger partial charge on any atom is 0.264 e. The first-order valence-corrected chi connectivity index (χ1v) is 4.22. The van der Waals surface area contributed by atoms with E-state index in [9.17, 15) is 4.79 Å². The van der Waals surface area contributed by atoms with E-state index in [-0.39, 0.29) is 5.56 Å². The molecule has 0 saturated carbocycles. The molecule has 2 N–H and O–H groups in total. The summed E-state index contributed by atoms with van der Waals surface area (Å²) >= 11 is 0. The Morgan fingerprint density at radius 1 is 1.21 bits per heavy atom. The average Bonchev–Trinajstić information content (AvgIpc) is 2.65. The van der Waals surface area contributed by atoms with Gasteiger partial charge in [-0.15, -0.1) is 0 Å². The molecule has 14 heavy (non-hydrogen) atoms. The third-order valence-electron chi connectivity index (χ3n) is 1.99. The molecule has 1 aromatic heterocycles. The van der Waals surface area contributed by atoms with Gasteiger partial charge in [0.25, 0.3) is 5.56 Å². The van der Waals surface area contributed by atoms with Gasteiger partial charge in [0.15, 0.2) is 0 Å². The van der Waals surface area contributed by atoms with Crippen LogP contribution >= 0.6 is 0 Å². The van der Waals surface area contributed by atoms with Crippen molar-refractivity contribution in [3.05, 3.63) is 40.7 Å². The molecule has 1 heterocycles. The van der Waals surface area contributed by atoms with E-state index in [4.69, 9.17) is 4.74 Å². The standard InChI is InChI=1S/C10H10N2O2/c1-14-9-5-3-2-4-7(9)8-6-10(13)12-11-8/h2-6H,1H3,(H2,11,12,13). The molecule has 0 spiro atoms. The summed E-state index contributed by atoms with van der Waals surface area (Å²) in [7, 11) is 1.60. The summed E-state index contributed by atoms with van der Waals surface area (Å²) in [5.41, 5.74) is 1.45. The van der Waals surface area contributed by atoms with E-state index in [2.05, 4.69) is 10.2 Å². The predicted octanol–water partition coefficient (Wildman–Crippen LogP) is 1.38. The smallest absolute Gasteiger partial charge is 0.264 e. The maximum atomic E-state index is 10.9. The van der Waals surface area contributed by atoms with Crippen LogP contribution in [0.25, 0.3) is 11.3 Å². The van der Waals surface area contributed by atoms with Crippen LogP contribution in [0.5, 0.6) is 5.75 Å². The van der Waals surface area contributed by atoms with Crippen LogP contribution in [0.1, 0.15) is 0 Å². The number of ether oxygens (including phenoxy) is 1. The fourth-order valence-corrected chi connectivity index (χ4v) is 1.34. The fraction of sp³-hybridized carbons (Fsp3) is 0.100. The third kappa shape index (κ3) is 1.42. The van der Waals surface area contributed by atoms with Crippen molar-refractivity contribution in [3.8, 4) is 17.0 Å². The highest BCUT2D eigenvalue weighted by Gasteiger charge is 2.05. The van der Waals surface area contributed by atoms with Crippen LogP contribution in [-0.2, 0) is 0 Å². The second-order valence-corrected chi connectivity index (χ2v) is 2.87. The van der Waals surface area contributed by atoms with Gasteiger partial charge in [0.2, 0.25) is 0 Å². The van der Waals surface area contributed by atoms with E-state index in [0.29, 0.717) is 0 Å². The van der Waals surface area contributed by atoms with Crippen LogP contribution in [0, 0.1) is 0 Å². The van der Waals surface area contributed by atoms with Crippen molar-refractivity contribution < 1.29 is 4.74 Å². The molecule has 0 unspecified atom stereocenters. The molecule has 0 atom stereocenters. The van der Waals surface area contributed by atoms with Gasteiger partial charge in [-0.25, -0.2) is 0 Å². The Morgan fingerprint density at radius 2 is 2.00 bits per heavy atom. The minimum atomic E-state index is -0.147. The molecular weight excluding hydrogens is 180 g/mol. The maximum absolute atomic E-state index is 10.9. The summed E-state index contributed by atoms with van der Waals surface area (Å²) in [6.07, 6.45) is 0. The summed E-state index contributed by atoms with van der Waals surface area (Å²) in [6, 6.07) is 9.01. The first kappa shape index (κ1) is 8.62. The van der Waals surface area contributed by atoms with Crippen LogP contribution in [-0.4, -0.2) is 17.3 Å². The number of hydrogen-bond acceptors (Lipinski definition) is 2. The molecule has 0 aliphatic heterocycles. The molecule has 0 fully saturated rings. The van der Waals surface area contributed by atoms with Crippen LogP contribution < -0.4 is 10.3 Å². The molecule has 0 radical (unpaired) electrons. The SMILES string of the molecule is COc1ccccc1-c1cc(=O)[nH][nH]1. The van der Waals surface area contributed by atoms with Crippen LogP contribution in [0.4, 0.5) is 0 Å². The van der Waals surface area contributed by atoms with E-state index in [1.807, 2.05) is 24.3 Å². The number of rotatable bonds is 2. The third-order valence-corrected chi connectivity index (χ3v) is 1.99. The van der Waals surface area contributed by atoms with E-state index in [0.717, 1.165) is 17.0 Å². The van der Waals surface area contributed by atoms with Gasteiger partial charge in [-0.3, -0.25) is 15.0 Å². The van der Waals surface area contributed by atoms with Gasteiger partial charge in [-0.2, -0.15) is 0 Å². The molecule has 4 heteroatoms. The highest BCUT2D eigenvalue weighted by Crippen LogP contribution is 2.26. The Morgan fingerprint density at radius 3 is 2.64 bits per heavy atom. The highest BCUT2D eigenvalue weighted by molar-refractivity contribution is 5.66. The summed E-state index contributed by atoms with van der Waals surface area (Å²) in [4.78, 5) is 10.9. The van der Waals surface area contributed by atoms with Gasteiger partial charge >= 0.3 is 0 Å². The van der Waals surface area contributed by atoms with Crippen LogP contribution in [0.3, 0.4) is 0 Å². The molecule has 4 nitrogen and oxygen atoms in total. The van der Waals surface area contributed by atoms with Crippen molar-refractivity contribution in [1.82, 2.24) is 10.2 Å². The number of aromatic amines is 2. The van der Waals surface area contributed by atoms with Gasteiger partial charge in [0, 0.05) is 11.6 Å². The number of para-hydroxylation sites is 1. The Labute approximate surface area is 80.5 Å². The molecule has 0 saturated heterocycles. The van der Waals surface area contributed by atoms with Gasteiger partial charge in [-0.1, -0.05) is 12.1 Å². The van der Waals surface area contributed by atoms with E-state index >= 15 is 0 Å². The number of aromatic nitrogens is 2. The molecule has 2 rings (SSSR count). The molecular formula is C10H10N2O2. The minimum absolute atomic E-state index is 0.147. The second kappa shape index (κ2) is 3.41. The van der Waals surface area contributed by atoms with E-state index in [1.54, 1.807) is 7.11 Å². The number of nitrogens with one attached hydrogen (secondary N) is 2. The number of benzene rings is 1. The topological polar surface area (TPSA) is 57.9 Å². The number of methoxy groups -OCH3 is 1. The Kier molecular flexibility index (Phi) is 2.10. The van der Waals surface area contributed by atoms with Crippen molar-refractivity contribution in [2.24, 2.45) is 0 Å². The van der Waals surface area contributed by atoms with Crippen LogP contribution in [0.15, 0.2) is 35.1 Å². The van der Waals surface area contributed by atoms with Crippen molar-refractivity contribution in [3.63, 3.8) is 0 Å². The summed E-state index contributed by atoms with van der Waals surface area (Å²) in [5, 5.41) is 5.26. The zero-order valence-corrected chi connectivity index (χ0v) is 7.70. The summed E-state index contributed by atoms with van der Waals surface area (Å²) in [5.74, 6) is 0.739. The zero-order valence-electron chi connectivity index (χ0n) is 7.70. The number of hydrogen-bond donors (Lipinski definition) is 2. The predicted molar refractivity (Wildman–Crippen MR) is 53.4 cm³/mol. The first-order chi connectivity index (χ1) is 6.81. The summed E-state index contributed by atoms with van der Waals surface area (Å²) < 4.78 is 5.17. The summed E-state index contributed by atoms with van der Waals surface area (Å²) in [6.45, 7) is 0. The Bertz CT molecular complexity index is 485. The zero-order chi connectivity index (χ0) is 9.97. The molecule has 0 amide bonds. The largest absolute Gasteiger partial charge is 0.496 e. The second-order valence-electron chi connectivity index (χ2n) is 2.87. The molecule has 0 aliphatic carbocycles. The highest BCUT2D eigenvalue weighted by atomic mass is 16.5. The lowest BCUT2D eigenvalue weighted by atomic mass is 10.1. The monoisotopic (exact) mass is 190 g/mol. The Hall–Kier alpha value is -1.97. The van der Waals surface area contributed by atoms with Gasteiger partial charge < -0.3 is 4.74 Å². The fourth-order valence-electron chi connectivity index (χ4n) is 1.34. The molecule has 1 aromatic carbocycles. The van der Waals surface area contributed by atoms with Gasteiger partial charge in [0.1, 0.15) is 5.75 Å². The van der Waals surface area contributed by atoms with E-state index in [1.165, 1.54) is 6.07 Å². The number of H-pyrrole nitrogens is 2. The van der Waals surface area contributed by atoms with Crippen molar-refractivity contribution in [2.75, 3.05) is 7.11 Å². The lowest BCUT2D eigenvalue weighted by molar-refractivity contribution is 0.416. The Balaban J connectivity index is 2.55. The quantitative estimate of drug-likeness (QED) is 0.751. The van der Waals surface area contributed by atoms with Crippen molar-refractivity contribution in [2.45, 2.75) is 0 Å². The molecule has 2 aromatic rings. The molecule has 72 valence electrons. The normalized spacial score (nSPS) is 10.1. The average molecular weight is 190 g/mol. The lowest BCUT2D eigenvalue weighted by Crippen LogP contribution is -1.93. The van der Waals surface area contributed by atoms with Crippen molar-refractivity contribution in [1.29, 1.82) is 0 Å². The van der Waals surface area contributed by atoms with Crippen molar-refractivity contribution >= 4 is 0 Å². The van der Waals surface area contributed by atoms with E-state index < -0.39 is 0 Å². The van der Waals surface area contributed by atoms with Gasteiger partial charge in [-0.05, 0) is 12.1 Å². The first-order valence-electron chi connectivity index (χ1n) is 4.22.